The van der Waals surface area contributed by atoms with Gasteiger partial charge in [0.05, 0.1) is 7.11 Å². The summed E-state index contributed by atoms with van der Waals surface area (Å²) in [7, 11) is -2.73. The van der Waals surface area contributed by atoms with Crippen molar-refractivity contribution in [2.75, 3.05) is 7.11 Å². The second-order valence-corrected chi connectivity index (χ2v) is 7.31. The predicted molar refractivity (Wildman–Crippen MR) is 76.7 cm³/mol. The number of hydrogen-bond donors (Lipinski definition) is 2. The minimum absolute atomic E-state index is 0.0590. The van der Waals surface area contributed by atoms with Crippen LogP contribution >= 0.6 is 11.3 Å². The summed E-state index contributed by atoms with van der Waals surface area (Å²) in [6.07, 6.45) is 0.346. The van der Waals surface area contributed by atoms with E-state index in [2.05, 4.69) is 9.46 Å². The van der Waals surface area contributed by atoms with Crippen LogP contribution in [0.4, 0.5) is 0 Å². The Morgan fingerprint density at radius 3 is 2.57 bits per heavy atom. The molecule has 0 aliphatic heterocycles. The molecule has 0 spiro atoms. The summed E-state index contributed by atoms with van der Waals surface area (Å²) in [6, 6.07) is 1.75. The van der Waals surface area contributed by atoms with Gasteiger partial charge in [0, 0.05) is 11.3 Å². The molecule has 0 fully saturated rings. The molecule has 1 rings (SSSR count). The molecule has 1 aromatic rings. The Balaban J connectivity index is 2.82. The molecule has 21 heavy (non-hydrogen) atoms. The van der Waals surface area contributed by atoms with Crippen molar-refractivity contribution in [1.82, 2.24) is 4.72 Å². The number of esters is 1. The second-order valence-electron chi connectivity index (χ2n) is 4.20. The summed E-state index contributed by atoms with van der Waals surface area (Å²) in [5.74, 6) is -1.93. The van der Waals surface area contributed by atoms with Crippen molar-refractivity contribution in [2.45, 2.75) is 36.4 Å². The number of aliphatic carboxylic acids is 1. The number of rotatable bonds is 8. The standard InChI is InChI=1S/C12H17NO6S2/c1-3-8-4-7-11(20-8)21(17,18)13-9(12(15)16)5-6-10(14)19-2/h4,7,9,13H,3,5-6H2,1-2H3,(H,15,16)/t9-/m1/s1. The molecule has 0 unspecified atom stereocenters. The van der Waals surface area contributed by atoms with E-state index in [1.165, 1.54) is 13.2 Å². The number of aryl methyl sites for hydroxylation is 1. The maximum atomic E-state index is 12.1. The molecule has 1 heterocycles. The van der Waals surface area contributed by atoms with Crippen LogP contribution in [0.25, 0.3) is 0 Å². The molecule has 2 N–H and O–H groups in total. The van der Waals surface area contributed by atoms with Crippen LogP contribution in [-0.2, 0) is 30.8 Å². The number of sulfonamides is 1. The molecular formula is C12H17NO6S2. The number of carbonyl (C=O) groups excluding carboxylic acids is 1. The lowest BCUT2D eigenvalue weighted by Gasteiger charge is -2.13. The van der Waals surface area contributed by atoms with E-state index in [4.69, 9.17) is 5.11 Å². The zero-order chi connectivity index (χ0) is 16.0. The summed E-state index contributed by atoms with van der Waals surface area (Å²) in [4.78, 5) is 23.0. The molecule has 0 aliphatic rings. The highest BCUT2D eigenvalue weighted by atomic mass is 32.2. The number of ether oxygens (including phenoxy) is 1. The Labute approximate surface area is 127 Å². The predicted octanol–water partition coefficient (Wildman–Crippen LogP) is 0.995. The first-order valence-electron chi connectivity index (χ1n) is 6.20. The summed E-state index contributed by atoms with van der Waals surface area (Å²) in [5.41, 5.74) is 0. The number of thiophene rings is 1. The van der Waals surface area contributed by atoms with E-state index >= 15 is 0 Å². The Bertz CT molecular complexity index is 607. The van der Waals surface area contributed by atoms with Crippen LogP contribution in [0.3, 0.4) is 0 Å². The Hall–Kier alpha value is -1.45. The molecule has 0 aromatic carbocycles. The average molecular weight is 335 g/mol. The molecule has 1 aromatic heterocycles. The van der Waals surface area contributed by atoms with Crippen LogP contribution in [0.5, 0.6) is 0 Å². The van der Waals surface area contributed by atoms with Gasteiger partial charge >= 0.3 is 11.9 Å². The number of carbonyl (C=O) groups is 2. The van der Waals surface area contributed by atoms with Gasteiger partial charge in [0.1, 0.15) is 10.3 Å². The molecule has 0 aliphatic carbocycles. The number of carboxylic acids is 1. The molecular weight excluding hydrogens is 318 g/mol. The van der Waals surface area contributed by atoms with Crippen molar-refractivity contribution >= 4 is 33.3 Å². The van der Waals surface area contributed by atoms with E-state index in [1.54, 1.807) is 6.07 Å². The fraction of sp³-hybridized carbons (Fsp3) is 0.500. The van der Waals surface area contributed by atoms with Crippen molar-refractivity contribution in [3.05, 3.63) is 17.0 Å². The van der Waals surface area contributed by atoms with Crippen LogP contribution in [0.1, 0.15) is 24.6 Å². The molecule has 0 amide bonds. The molecule has 1 atom stereocenters. The Morgan fingerprint density at radius 1 is 1.43 bits per heavy atom. The molecule has 7 nitrogen and oxygen atoms in total. The van der Waals surface area contributed by atoms with Gasteiger partial charge in [0.25, 0.3) is 10.0 Å². The Kier molecular flexibility index (Phi) is 6.31. The quantitative estimate of drug-likeness (QED) is 0.686. The van der Waals surface area contributed by atoms with Crippen molar-refractivity contribution in [1.29, 1.82) is 0 Å². The third kappa shape index (κ3) is 5.10. The first-order valence-corrected chi connectivity index (χ1v) is 8.50. The first kappa shape index (κ1) is 17.6. The third-order valence-corrected chi connectivity index (χ3v) is 5.90. The van der Waals surface area contributed by atoms with Crippen LogP contribution in [0, 0.1) is 0 Å². The molecule has 9 heteroatoms. The lowest BCUT2D eigenvalue weighted by atomic mass is 10.2. The van der Waals surface area contributed by atoms with Crippen molar-refractivity contribution in [3.63, 3.8) is 0 Å². The van der Waals surface area contributed by atoms with Crippen LogP contribution in [-0.4, -0.2) is 38.6 Å². The van der Waals surface area contributed by atoms with E-state index < -0.39 is 28.0 Å². The minimum atomic E-state index is -3.91. The van der Waals surface area contributed by atoms with Gasteiger partial charge in [-0.05, 0) is 25.0 Å². The van der Waals surface area contributed by atoms with Gasteiger partial charge < -0.3 is 9.84 Å². The highest BCUT2D eigenvalue weighted by Gasteiger charge is 2.27. The third-order valence-electron chi connectivity index (χ3n) is 2.71. The summed E-state index contributed by atoms with van der Waals surface area (Å²) in [6.45, 7) is 1.89. The topological polar surface area (TPSA) is 110 Å². The summed E-state index contributed by atoms with van der Waals surface area (Å²) < 4.78 is 30.8. The number of carboxylic acid groups (broad SMARTS) is 1. The first-order chi connectivity index (χ1) is 9.80. The minimum Gasteiger partial charge on any atom is -0.480 e. The molecule has 118 valence electrons. The summed E-state index contributed by atoms with van der Waals surface area (Å²) >= 11 is 1.09. The van der Waals surface area contributed by atoms with E-state index in [0.717, 1.165) is 16.2 Å². The maximum Gasteiger partial charge on any atom is 0.321 e. The van der Waals surface area contributed by atoms with E-state index in [9.17, 15) is 18.0 Å². The van der Waals surface area contributed by atoms with Gasteiger partial charge in [-0.1, -0.05) is 6.92 Å². The van der Waals surface area contributed by atoms with Gasteiger partial charge in [0.15, 0.2) is 0 Å². The normalized spacial score (nSPS) is 12.9. The fourth-order valence-corrected chi connectivity index (χ4v) is 4.07. The zero-order valence-corrected chi connectivity index (χ0v) is 13.3. The van der Waals surface area contributed by atoms with Crippen molar-refractivity contribution in [2.24, 2.45) is 0 Å². The smallest absolute Gasteiger partial charge is 0.321 e. The van der Waals surface area contributed by atoms with Crippen molar-refractivity contribution < 1.29 is 27.9 Å². The maximum absolute atomic E-state index is 12.1. The highest BCUT2D eigenvalue weighted by Crippen LogP contribution is 2.22. The van der Waals surface area contributed by atoms with E-state index in [1.807, 2.05) is 6.92 Å². The molecule has 0 radical (unpaired) electrons. The Morgan fingerprint density at radius 2 is 2.10 bits per heavy atom. The van der Waals surface area contributed by atoms with Crippen LogP contribution < -0.4 is 4.72 Å². The van der Waals surface area contributed by atoms with Gasteiger partial charge in [-0.25, -0.2) is 8.42 Å². The van der Waals surface area contributed by atoms with Gasteiger partial charge in [-0.15, -0.1) is 11.3 Å². The zero-order valence-electron chi connectivity index (χ0n) is 11.7. The fourth-order valence-electron chi connectivity index (χ4n) is 1.54. The number of methoxy groups -OCH3 is 1. The number of hydrogen-bond acceptors (Lipinski definition) is 6. The number of nitrogens with one attached hydrogen (secondary N) is 1. The highest BCUT2D eigenvalue weighted by molar-refractivity contribution is 7.91. The van der Waals surface area contributed by atoms with E-state index in [0.29, 0.717) is 6.42 Å². The van der Waals surface area contributed by atoms with Gasteiger partial charge in [-0.2, -0.15) is 4.72 Å². The van der Waals surface area contributed by atoms with Crippen LogP contribution in [0.15, 0.2) is 16.3 Å². The SMILES string of the molecule is CCc1ccc(S(=O)(=O)N[C@H](CCC(=O)OC)C(=O)O)s1. The summed E-state index contributed by atoms with van der Waals surface area (Å²) in [5, 5.41) is 9.04. The monoisotopic (exact) mass is 335 g/mol. The van der Waals surface area contributed by atoms with Gasteiger partial charge in [-0.3, -0.25) is 9.59 Å². The van der Waals surface area contributed by atoms with Crippen LogP contribution in [0.2, 0.25) is 0 Å². The molecule has 0 bridgehead atoms. The largest absolute Gasteiger partial charge is 0.480 e. The lowest BCUT2D eigenvalue weighted by molar-refractivity contribution is -0.142. The van der Waals surface area contributed by atoms with E-state index in [-0.39, 0.29) is 17.1 Å². The van der Waals surface area contributed by atoms with Gasteiger partial charge in [0.2, 0.25) is 0 Å². The molecule has 0 saturated carbocycles. The lowest BCUT2D eigenvalue weighted by Crippen LogP contribution is -2.40. The average Bonchev–Trinajstić information content (AvgIpc) is 2.92. The van der Waals surface area contributed by atoms with Crippen molar-refractivity contribution in [3.8, 4) is 0 Å². The second kappa shape index (κ2) is 7.53. The molecule has 0 saturated heterocycles.